The number of nitrogens with two attached hydrogens (primary N) is 1. The second kappa shape index (κ2) is 5.61. The van der Waals surface area contributed by atoms with E-state index in [9.17, 15) is 8.42 Å². The standard InChI is InChI=1S/C16H21N3O2S/c1-11-5-6-15(14-4-3-8-18-16(11)14)22(20,21)19-9-7-13(10-19)12(2)17/h3-6,8,12-13H,7,9-10,17H2,1-2H3. The van der Waals surface area contributed by atoms with Gasteiger partial charge >= 0.3 is 0 Å². The molecule has 0 aliphatic carbocycles. The van der Waals surface area contributed by atoms with Crippen LogP contribution >= 0.6 is 0 Å². The van der Waals surface area contributed by atoms with Crippen molar-refractivity contribution >= 4 is 20.9 Å². The second-order valence-electron chi connectivity index (χ2n) is 6.05. The number of hydrogen-bond acceptors (Lipinski definition) is 4. The molecule has 0 radical (unpaired) electrons. The van der Waals surface area contributed by atoms with E-state index in [4.69, 9.17) is 5.73 Å². The molecule has 1 aromatic carbocycles. The van der Waals surface area contributed by atoms with Crippen LogP contribution in [0.25, 0.3) is 10.9 Å². The van der Waals surface area contributed by atoms with E-state index >= 15 is 0 Å². The molecule has 2 N–H and O–H groups in total. The molecule has 0 amide bonds. The van der Waals surface area contributed by atoms with Crippen LogP contribution in [0, 0.1) is 12.8 Å². The molecule has 3 rings (SSSR count). The van der Waals surface area contributed by atoms with Gasteiger partial charge in [0.05, 0.1) is 10.4 Å². The van der Waals surface area contributed by atoms with E-state index in [2.05, 4.69) is 4.98 Å². The van der Waals surface area contributed by atoms with Crippen LogP contribution in [-0.2, 0) is 10.0 Å². The van der Waals surface area contributed by atoms with E-state index in [1.54, 1.807) is 22.6 Å². The zero-order chi connectivity index (χ0) is 15.9. The molecule has 6 heteroatoms. The summed E-state index contributed by atoms with van der Waals surface area (Å²) in [4.78, 5) is 4.66. The van der Waals surface area contributed by atoms with Gasteiger partial charge in [-0.2, -0.15) is 4.31 Å². The molecular formula is C16H21N3O2S. The number of aryl methyl sites for hydroxylation is 1. The fourth-order valence-corrected chi connectivity index (χ4v) is 4.75. The van der Waals surface area contributed by atoms with Crippen LogP contribution in [0.2, 0.25) is 0 Å². The fraction of sp³-hybridized carbons (Fsp3) is 0.438. The average molecular weight is 319 g/mol. The Bertz CT molecular complexity index is 802. The van der Waals surface area contributed by atoms with Gasteiger partial charge in [0, 0.05) is 30.7 Å². The summed E-state index contributed by atoms with van der Waals surface area (Å²) in [5.41, 5.74) is 7.64. The Balaban J connectivity index is 2.06. The molecule has 1 aromatic heterocycles. The van der Waals surface area contributed by atoms with Gasteiger partial charge in [-0.3, -0.25) is 4.98 Å². The Morgan fingerprint density at radius 1 is 1.36 bits per heavy atom. The van der Waals surface area contributed by atoms with Gasteiger partial charge in [-0.05, 0) is 49.9 Å². The van der Waals surface area contributed by atoms with Gasteiger partial charge in [0.25, 0.3) is 0 Å². The van der Waals surface area contributed by atoms with Crippen molar-refractivity contribution in [2.24, 2.45) is 11.7 Å². The maximum Gasteiger partial charge on any atom is 0.243 e. The van der Waals surface area contributed by atoms with Crippen molar-refractivity contribution in [3.05, 3.63) is 36.0 Å². The van der Waals surface area contributed by atoms with E-state index in [1.165, 1.54) is 0 Å². The highest BCUT2D eigenvalue weighted by Gasteiger charge is 2.34. The highest BCUT2D eigenvalue weighted by Crippen LogP contribution is 2.30. The molecule has 2 atom stereocenters. The lowest BCUT2D eigenvalue weighted by Crippen LogP contribution is -2.33. The van der Waals surface area contributed by atoms with Gasteiger partial charge in [0.2, 0.25) is 10.0 Å². The Kier molecular flexibility index (Phi) is 3.92. The predicted molar refractivity (Wildman–Crippen MR) is 87.0 cm³/mol. The van der Waals surface area contributed by atoms with Crippen molar-refractivity contribution in [1.82, 2.24) is 9.29 Å². The molecule has 2 aromatic rings. The molecule has 1 aliphatic rings. The van der Waals surface area contributed by atoms with E-state index in [0.717, 1.165) is 17.5 Å². The summed E-state index contributed by atoms with van der Waals surface area (Å²) in [6.07, 6.45) is 2.51. The Hall–Kier alpha value is -1.50. The number of fused-ring (bicyclic) bond motifs is 1. The number of nitrogens with zero attached hydrogens (tertiary/aromatic N) is 2. The van der Waals surface area contributed by atoms with Gasteiger partial charge in [-0.25, -0.2) is 8.42 Å². The average Bonchev–Trinajstić information content (AvgIpc) is 2.98. The zero-order valence-corrected chi connectivity index (χ0v) is 13.7. The van der Waals surface area contributed by atoms with Crippen LogP contribution in [0.5, 0.6) is 0 Å². The molecule has 0 saturated carbocycles. The van der Waals surface area contributed by atoms with Gasteiger partial charge in [-0.15, -0.1) is 0 Å². The van der Waals surface area contributed by atoms with Crippen molar-refractivity contribution in [3.8, 4) is 0 Å². The third kappa shape index (κ3) is 2.51. The number of pyridine rings is 1. The molecule has 22 heavy (non-hydrogen) atoms. The van der Waals surface area contributed by atoms with Crippen molar-refractivity contribution in [1.29, 1.82) is 0 Å². The summed E-state index contributed by atoms with van der Waals surface area (Å²) in [5, 5.41) is 0.687. The van der Waals surface area contributed by atoms with Gasteiger partial charge in [0.1, 0.15) is 0 Å². The Morgan fingerprint density at radius 3 is 2.82 bits per heavy atom. The Labute approximate surface area is 131 Å². The smallest absolute Gasteiger partial charge is 0.243 e. The van der Waals surface area contributed by atoms with Crippen molar-refractivity contribution in [3.63, 3.8) is 0 Å². The Morgan fingerprint density at radius 2 is 2.14 bits per heavy atom. The molecule has 2 unspecified atom stereocenters. The lowest BCUT2D eigenvalue weighted by atomic mass is 10.0. The zero-order valence-electron chi connectivity index (χ0n) is 12.9. The summed E-state index contributed by atoms with van der Waals surface area (Å²) in [6.45, 7) is 4.90. The van der Waals surface area contributed by atoms with Crippen molar-refractivity contribution in [2.75, 3.05) is 13.1 Å². The maximum atomic E-state index is 13.0. The molecule has 5 nitrogen and oxygen atoms in total. The fourth-order valence-electron chi connectivity index (χ4n) is 3.05. The first kappa shape index (κ1) is 15.4. The summed E-state index contributed by atoms with van der Waals surface area (Å²) < 4.78 is 27.5. The van der Waals surface area contributed by atoms with Crippen LogP contribution in [0.4, 0.5) is 0 Å². The van der Waals surface area contributed by atoms with Crippen LogP contribution in [-0.4, -0.2) is 36.8 Å². The van der Waals surface area contributed by atoms with Crippen molar-refractivity contribution < 1.29 is 8.42 Å². The molecule has 2 heterocycles. The predicted octanol–water partition coefficient (Wildman–Crippen LogP) is 1.90. The summed E-state index contributed by atoms with van der Waals surface area (Å²) in [5.74, 6) is 0.226. The van der Waals surface area contributed by atoms with Crippen LogP contribution in [0.15, 0.2) is 35.4 Å². The molecule has 0 bridgehead atoms. The highest BCUT2D eigenvalue weighted by molar-refractivity contribution is 7.89. The normalized spacial score (nSPS) is 21.3. The minimum Gasteiger partial charge on any atom is -0.328 e. The first-order chi connectivity index (χ1) is 10.4. The number of rotatable bonds is 3. The lowest BCUT2D eigenvalue weighted by Gasteiger charge is -2.19. The van der Waals surface area contributed by atoms with Crippen LogP contribution in [0.3, 0.4) is 0 Å². The van der Waals surface area contributed by atoms with Gasteiger partial charge in [0.15, 0.2) is 0 Å². The molecular weight excluding hydrogens is 298 g/mol. The number of benzene rings is 1. The van der Waals surface area contributed by atoms with E-state index in [0.29, 0.717) is 23.4 Å². The first-order valence-electron chi connectivity index (χ1n) is 7.51. The van der Waals surface area contributed by atoms with E-state index in [1.807, 2.05) is 26.0 Å². The largest absolute Gasteiger partial charge is 0.328 e. The monoisotopic (exact) mass is 319 g/mol. The molecule has 1 aliphatic heterocycles. The minimum atomic E-state index is -3.51. The number of hydrogen-bond donors (Lipinski definition) is 1. The third-order valence-electron chi connectivity index (χ3n) is 4.48. The summed E-state index contributed by atoms with van der Waals surface area (Å²) in [7, 11) is -3.51. The molecule has 1 saturated heterocycles. The summed E-state index contributed by atoms with van der Waals surface area (Å²) in [6, 6.07) is 7.11. The lowest BCUT2D eigenvalue weighted by molar-refractivity contribution is 0.429. The highest BCUT2D eigenvalue weighted by atomic mass is 32.2. The number of aromatic nitrogens is 1. The molecule has 1 fully saturated rings. The maximum absolute atomic E-state index is 13.0. The minimum absolute atomic E-state index is 0.0108. The number of sulfonamides is 1. The van der Waals surface area contributed by atoms with Crippen LogP contribution < -0.4 is 5.73 Å². The quantitative estimate of drug-likeness (QED) is 0.937. The molecule has 0 spiro atoms. The van der Waals surface area contributed by atoms with Crippen molar-refractivity contribution in [2.45, 2.75) is 31.2 Å². The topological polar surface area (TPSA) is 76.3 Å². The second-order valence-corrected chi connectivity index (χ2v) is 7.96. The first-order valence-corrected chi connectivity index (χ1v) is 8.95. The van der Waals surface area contributed by atoms with Gasteiger partial charge < -0.3 is 5.73 Å². The third-order valence-corrected chi connectivity index (χ3v) is 6.40. The summed E-state index contributed by atoms with van der Waals surface area (Å²) >= 11 is 0. The SMILES string of the molecule is Cc1ccc(S(=O)(=O)N2CCC(C(C)N)C2)c2cccnc12. The van der Waals surface area contributed by atoms with E-state index < -0.39 is 10.0 Å². The molecule has 118 valence electrons. The van der Waals surface area contributed by atoms with Gasteiger partial charge in [-0.1, -0.05) is 6.07 Å². The van der Waals surface area contributed by atoms with Crippen LogP contribution in [0.1, 0.15) is 18.9 Å². The van der Waals surface area contributed by atoms with E-state index in [-0.39, 0.29) is 12.0 Å².